The molecule has 0 saturated carbocycles. The van der Waals surface area contributed by atoms with Crippen molar-refractivity contribution in [1.82, 2.24) is 10.2 Å². The summed E-state index contributed by atoms with van der Waals surface area (Å²) in [5.74, 6) is 0.0401. The third-order valence-corrected chi connectivity index (χ3v) is 3.38. The molecule has 100 valence electrons. The molecule has 0 aromatic heterocycles. The van der Waals surface area contributed by atoms with Gasteiger partial charge in [-0.1, -0.05) is 12.1 Å². The molecule has 1 amide bonds. The summed E-state index contributed by atoms with van der Waals surface area (Å²) < 4.78 is 0. The van der Waals surface area contributed by atoms with Crippen LogP contribution in [0.5, 0.6) is 0 Å². The quantitative estimate of drug-likeness (QED) is 0.896. The summed E-state index contributed by atoms with van der Waals surface area (Å²) in [5.41, 5.74) is 1.86. The Hall–Kier alpha value is -1.86. The van der Waals surface area contributed by atoms with Gasteiger partial charge in [0.05, 0.1) is 11.6 Å². The van der Waals surface area contributed by atoms with Gasteiger partial charge in [0.2, 0.25) is 5.91 Å². The van der Waals surface area contributed by atoms with Gasteiger partial charge >= 0.3 is 0 Å². The number of nitrogens with zero attached hydrogens (tertiary/aromatic N) is 2. The summed E-state index contributed by atoms with van der Waals surface area (Å²) in [6.45, 7) is 4.34. The molecule has 1 heterocycles. The molecule has 1 aliphatic rings. The SMILES string of the molecule is CC(=O)NC1CCCN(Cc2cccc(C#N)c2)C1. The van der Waals surface area contributed by atoms with E-state index in [1.165, 1.54) is 0 Å². The molecule has 2 rings (SSSR count). The Morgan fingerprint density at radius 2 is 2.42 bits per heavy atom. The van der Waals surface area contributed by atoms with Crippen molar-refractivity contribution < 1.29 is 4.79 Å². The van der Waals surface area contributed by atoms with E-state index < -0.39 is 0 Å². The Labute approximate surface area is 114 Å². The summed E-state index contributed by atoms with van der Waals surface area (Å²) in [4.78, 5) is 13.4. The van der Waals surface area contributed by atoms with E-state index in [1.807, 2.05) is 24.3 Å². The van der Waals surface area contributed by atoms with Gasteiger partial charge in [-0.2, -0.15) is 5.26 Å². The van der Waals surface area contributed by atoms with E-state index in [1.54, 1.807) is 6.92 Å². The summed E-state index contributed by atoms with van der Waals surface area (Å²) >= 11 is 0. The van der Waals surface area contributed by atoms with Crippen LogP contribution in [-0.2, 0) is 11.3 Å². The zero-order chi connectivity index (χ0) is 13.7. The molecule has 1 aromatic carbocycles. The van der Waals surface area contributed by atoms with Crippen molar-refractivity contribution in [2.45, 2.75) is 32.4 Å². The number of amides is 1. The lowest BCUT2D eigenvalue weighted by molar-refractivity contribution is -0.120. The fourth-order valence-corrected chi connectivity index (χ4v) is 2.60. The Morgan fingerprint density at radius 1 is 1.58 bits per heavy atom. The lowest BCUT2D eigenvalue weighted by Crippen LogP contribution is -2.46. The normalized spacial score (nSPS) is 19.7. The van der Waals surface area contributed by atoms with Crippen molar-refractivity contribution in [2.75, 3.05) is 13.1 Å². The van der Waals surface area contributed by atoms with Gasteiger partial charge in [0, 0.05) is 26.1 Å². The molecule has 1 aromatic rings. The number of hydrogen-bond donors (Lipinski definition) is 1. The highest BCUT2D eigenvalue weighted by molar-refractivity contribution is 5.73. The van der Waals surface area contributed by atoms with Crippen molar-refractivity contribution in [3.63, 3.8) is 0 Å². The first-order valence-electron chi connectivity index (χ1n) is 6.66. The molecule has 0 spiro atoms. The minimum Gasteiger partial charge on any atom is -0.352 e. The Balaban J connectivity index is 1.95. The van der Waals surface area contributed by atoms with Gasteiger partial charge in [0.15, 0.2) is 0 Å². The third kappa shape index (κ3) is 4.08. The van der Waals surface area contributed by atoms with Gasteiger partial charge in [0.25, 0.3) is 0 Å². The van der Waals surface area contributed by atoms with Gasteiger partial charge in [-0.25, -0.2) is 0 Å². The molecule has 4 nitrogen and oxygen atoms in total. The number of likely N-dealkylation sites (tertiary alicyclic amines) is 1. The highest BCUT2D eigenvalue weighted by atomic mass is 16.1. The Kier molecular flexibility index (Phi) is 4.53. The van der Waals surface area contributed by atoms with Crippen LogP contribution in [0.4, 0.5) is 0 Å². The van der Waals surface area contributed by atoms with Gasteiger partial charge in [-0.05, 0) is 37.1 Å². The average Bonchev–Trinajstić information content (AvgIpc) is 2.38. The van der Waals surface area contributed by atoms with Gasteiger partial charge in [-0.3, -0.25) is 9.69 Å². The van der Waals surface area contributed by atoms with Crippen molar-refractivity contribution in [3.8, 4) is 6.07 Å². The topological polar surface area (TPSA) is 56.1 Å². The maximum atomic E-state index is 11.1. The molecule has 1 aliphatic heterocycles. The molecular weight excluding hydrogens is 238 g/mol. The van der Waals surface area contributed by atoms with Gasteiger partial charge in [-0.15, -0.1) is 0 Å². The van der Waals surface area contributed by atoms with Crippen LogP contribution >= 0.6 is 0 Å². The van der Waals surface area contributed by atoms with Crippen LogP contribution in [0.2, 0.25) is 0 Å². The van der Waals surface area contributed by atoms with E-state index in [0.717, 1.165) is 38.0 Å². The molecule has 0 aliphatic carbocycles. The summed E-state index contributed by atoms with van der Waals surface area (Å²) in [6.07, 6.45) is 2.15. The summed E-state index contributed by atoms with van der Waals surface area (Å²) in [6, 6.07) is 10.1. The Morgan fingerprint density at radius 3 is 3.16 bits per heavy atom. The minimum atomic E-state index is 0.0401. The van der Waals surface area contributed by atoms with Crippen molar-refractivity contribution in [1.29, 1.82) is 5.26 Å². The first-order chi connectivity index (χ1) is 9.17. The molecule has 1 N–H and O–H groups in total. The number of rotatable bonds is 3. The van der Waals surface area contributed by atoms with E-state index in [-0.39, 0.29) is 11.9 Å². The van der Waals surface area contributed by atoms with Gasteiger partial charge in [0.1, 0.15) is 0 Å². The lowest BCUT2D eigenvalue weighted by Gasteiger charge is -2.33. The average molecular weight is 257 g/mol. The van der Waals surface area contributed by atoms with Crippen LogP contribution in [0.1, 0.15) is 30.9 Å². The molecule has 1 saturated heterocycles. The third-order valence-electron chi connectivity index (χ3n) is 3.38. The Bertz CT molecular complexity index is 492. The largest absolute Gasteiger partial charge is 0.352 e. The second kappa shape index (κ2) is 6.35. The molecule has 19 heavy (non-hydrogen) atoms. The standard InChI is InChI=1S/C15H19N3O/c1-12(19)17-15-6-3-7-18(11-15)10-14-5-2-4-13(8-14)9-16/h2,4-5,8,15H,3,6-7,10-11H2,1H3,(H,17,19). The number of carbonyl (C=O) groups excluding carboxylic acids is 1. The summed E-state index contributed by atoms with van der Waals surface area (Å²) in [5, 5.41) is 11.9. The second-order valence-corrected chi connectivity index (χ2v) is 5.09. The fourth-order valence-electron chi connectivity index (χ4n) is 2.60. The van der Waals surface area contributed by atoms with Crippen molar-refractivity contribution in [3.05, 3.63) is 35.4 Å². The van der Waals surface area contributed by atoms with Crippen LogP contribution in [-0.4, -0.2) is 29.9 Å². The van der Waals surface area contributed by atoms with Crippen LogP contribution in [0.15, 0.2) is 24.3 Å². The van der Waals surface area contributed by atoms with Crippen LogP contribution < -0.4 is 5.32 Å². The number of benzene rings is 1. The van der Waals surface area contributed by atoms with E-state index in [9.17, 15) is 4.79 Å². The molecule has 4 heteroatoms. The smallest absolute Gasteiger partial charge is 0.217 e. The highest BCUT2D eigenvalue weighted by Crippen LogP contribution is 2.14. The monoisotopic (exact) mass is 257 g/mol. The number of carbonyl (C=O) groups is 1. The number of hydrogen-bond acceptors (Lipinski definition) is 3. The predicted molar refractivity (Wildman–Crippen MR) is 73.3 cm³/mol. The minimum absolute atomic E-state index is 0.0401. The van der Waals surface area contributed by atoms with Crippen LogP contribution in [0.3, 0.4) is 0 Å². The van der Waals surface area contributed by atoms with E-state index in [2.05, 4.69) is 16.3 Å². The van der Waals surface area contributed by atoms with Crippen LogP contribution in [0.25, 0.3) is 0 Å². The van der Waals surface area contributed by atoms with E-state index in [0.29, 0.717) is 5.56 Å². The number of piperidine rings is 1. The molecule has 1 unspecified atom stereocenters. The summed E-state index contributed by atoms with van der Waals surface area (Å²) in [7, 11) is 0. The maximum Gasteiger partial charge on any atom is 0.217 e. The van der Waals surface area contributed by atoms with E-state index in [4.69, 9.17) is 5.26 Å². The zero-order valence-electron chi connectivity index (χ0n) is 11.2. The lowest BCUT2D eigenvalue weighted by atomic mass is 10.0. The highest BCUT2D eigenvalue weighted by Gasteiger charge is 2.20. The predicted octanol–water partition coefficient (Wildman–Crippen LogP) is 1.66. The number of nitrogens with one attached hydrogen (secondary N) is 1. The van der Waals surface area contributed by atoms with E-state index >= 15 is 0 Å². The second-order valence-electron chi connectivity index (χ2n) is 5.09. The molecule has 0 bridgehead atoms. The van der Waals surface area contributed by atoms with Crippen molar-refractivity contribution in [2.24, 2.45) is 0 Å². The first kappa shape index (κ1) is 13.6. The first-order valence-corrected chi connectivity index (χ1v) is 6.66. The molecular formula is C15H19N3O. The van der Waals surface area contributed by atoms with Crippen LogP contribution in [0, 0.1) is 11.3 Å². The molecule has 1 fully saturated rings. The zero-order valence-corrected chi connectivity index (χ0v) is 11.2. The molecule has 0 radical (unpaired) electrons. The fraction of sp³-hybridized carbons (Fsp3) is 0.467. The number of nitriles is 1. The van der Waals surface area contributed by atoms with Crippen molar-refractivity contribution >= 4 is 5.91 Å². The maximum absolute atomic E-state index is 11.1. The van der Waals surface area contributed by atoms with Gasteiger partial charge < -0.3 is 5.32 Å². The molecule has 1 atom stereocenters.